The van der Waals surface area contributed by atoms with Gasteiger partial charge >= 0.3 is 0 Å². The van der Waals surface area contributed by atoms with Gasteiger partial charge in [0.15, 0.2) is 0 Å². The third kappa shape index (κ3) is 3.73. The maximum atomic E-state index is 13.1. The maximum absolute atomic E-state index is 13.1. The SMILES string of the molecule is Cc1nc(C)c(C(=O)N2CCC[C@@H]2c2cncc(Oc3ccc(F)cc3)n2)s1. The number of ether oxygens (including phenoxy) is 1. The van der Waals surface area contributed by atoms with Crippen LogP contribution < -0.4 is 4.74 Å². The van der Waals surface area contributed by atoms with Gasteiger partial charge in [-0.1, -0.05) is 0 Å². The summed E-state index contributed by atoms with van der Waals surface area (Å²) in [6.07, 6.45) is 4.89. The van der Waals surface area contributed by atoms with Crippen LogP contribution in [0.15, 0.2) is 36.7 Å². The Morgan fingerprint density at radius 3 is 2.71 bits per heavy atom. The summed E-state index contributed by atoms with van der Waals surface area (Å²) in [6, 6.07) is 5.55. The van der Waals surface area contributed by atoms with E-state index in [1.807, 2.05) is 18.7 Å². The van der Waals surface area contributed by atoms with Crippen molar-refractivity contribution in [3.05, 3.63) is 63.7 Å². The third-order valence-corrected chi connectivity index (χ3v) is 5.68. The lowest BCUT2D eigenvalue weighted by Gasteiger charge is -2.24. The highest BCUT2D eigenvalue weighted by molar-refractivity contribution is 7.13. The molecule has 0 N–H and O–H groups in total. The zero-order chi connectivity index (χ0) is 19.7. The third-order valence-electron chi connectivity index (χ3n) is 4.62. The first-order valence-electron chi connectivity index (χ1n) is 9.01. The minimum Gasteiger partial charge on any atom is -0.437 e. The fraction of sp³-hybridized carbons (Fsp3) is 0.300. The lowest BCUT2D eigenvalue weighted by molar-refractivity contribution is 0.0736. The molecule has 3 heterocycles. The summed E-state index contributed by atoms with van der Waals surface area (Å²) in [5.74, 6) is 0.439. The van der Waals surface area contributed by atoms with E-state index in [0.29, 0.717) is 28.7 Å². The molecular formula is C20H19FN4O2S. The summed E-state index contributed by atoms with van der Waals surface area (Å²) in [7, 11) is 0. The Bertz CT molecular complexity index is 1010. The summed E-state index contributed by atoms with van der Waals surface area (Å²) in [6.45, 7) is 4.43. The van der Waals surface area contributed by atoms with E-state index in [1.54, 1.807) is 6.20 Å². The number of halogens is 1. The van der Waals surface area contributed by atoms with Gasteiger partial charge < -0.3 is 9.64 Å². The van der Waals surface area contributed by atoms with E-state index in [-0.39, 0.29) is 17.8 Å². The highest BCUT2D eigenvalue weighted by Gasteiger charge is 2.33. The molecule has 0 spiro atoms. The fourth-order valence-corrected chi connectivity index (χ4v) is 4.25. The maximum Gasteiger partial charge on any atom is 0.266 e. The van der Waals surface area contributed by atoms with E-state index in [0.717, 1.165) is 23.5 Å². The van der Waals surface area contributed by atoms with Crippen LogP contribution in [0.25, 0.3) is 0 Å². The van der Waals surface area contributed by atoms with Crippen molar-refractivity contribution in [1.29, 1.82) is 0 Å². The van der Waals surface area contributed by atoms with Crippen LogP contribution in [0.2, 0.25) is 0 Å². The molecule has 0 bridgehead atoms. The van der Waals surface area contributed by atoms with E-state index in [9.17, 15) is 9.18 Å². The van der Waals surface area contributed by atoms with Gasteiger partial charge in [0.25, 0.3) is 5.91 Å². The number of rotatable bonds is 4. The molecule has 1 saturated heterocycles. The Morgan fingerprint density at radius 2 is 2.00 bits per heavy atom. The summed E-state index contributed by atoms with van der Waals surface area (Å²) in [4.78, 5) is 28.7. The van der Waals surface area contributed by atoms with Crippen LogP contribution in [0.5, 0.6) is 11.6 Å². The van der Waals surface area contributed by atoms with Gasteiger partial charge in [-0.15, -0.1) is 11.3 Å². The summed E-state index contributed by atoms with van der Waals surface area (Å²) in [5, 5.41) is 0.881. The number of carbonyl (C=O) groups is 1. The molecule has 0 aliphatic carbocycles. The Hall–Kier alpha value is -2.87. The number of thiazole rings is 1. The molecule has 4 rings (SSSR count). The average molecular weight is 398 g/mol. The molecule has 1 atom stereocenters. The van der Waals surface area contributed by atoms with Crippen molar-refractivity contribution in [3.63, 3.8) is 0 Å². The molecule has 2 aromatic heterocycles. The average Bonchev–Trinajstić information content (AvgIpc) is 3.30. The van der Waals surface area contributed by atoms with Crippen LogP contribution in [0.1, 0.15) is 45.0 Å². The zero-order valence-corrected chi connectivity index (χ0v) is 16.4. The number of amides is 1. The molecule has 28 heavy (non-hydrogen) atoms. The molecule has 1 aliphatic heterocycles. The second-order valence-corrected chi connectivity index (χ2v) is 7.85. The molecule has 3 aromatic rings. The smallest absolute Gasteiger partial charge is 0.266 e. The molecule has 1 aromatic carbocycles. The standard InChI is InChI=1S/C20H19FN4O2S/c1-12-19(28-13(2)23-12)20(26)25-9-3-4-17(25)16-10-22-11-18(24-16)27-15-7-5-14(21)6-8-15/h5-8,10-11,17H,3-4,9H2,1-2H3/t17-/m1/s1. The Balaban J connectivity index is 1.56. The van der Waals surface area contributed by atoms with Crippen molar-refractivity contribution in [1.82, 2.24) is 19.9 Å². The topological polar surface area (TPSA) is 68.2 Å². The number of aromatic nitrogens is 3. The molecule has 0 radical (unpaired) electrons. The van der Waals surface area contributed by atoms with Crippen LogP contribution in [0.4, 0.5) is 4.39 Å². The normalized spacial score (nSPS) is 16.4. The van der Waals surface area contributed by atoms with Crippen LogP contribution in [-0.2, 0) is 0 Å². The van der Waals surface area contributed by atoms with Crippen LogP contribution in [0.3, 0.4) is 0 Å². The number of aryl methyl sites for hydroxylation is 2. The number of carbonyl (C=O) groups excluding carboxylic acids is 1. The van der Waals surface area contributed by atoms with Crippen molar-refractivity contribution < 1.29 is 13.9 Å². The first-order chi connectivity index (χ1) is 13.5. The Labute approximate surface area is 166 Å². The first-order valence-corrected chi connectivity index (χ1v) is 9.83. The molecule has 144 valence electrons. The van der Waals surface area contributed by atoms with Crippen LogP contribution in [-0.4, -0.2) is 32.3 Å². The molecule has 8 heteroatoms. The van der Waals surface area contributed by atoms with Gasteiger partial charge in [-0.05, 0) is 51.0 Å². The largest absolute Gasteiger partial charge is 0.437 e. The Morgan fingerprint density at radius 1 is 1.21 bits per heavy atom. The number of nitrogens with zero attached hydrogens (tertiary/aromatic N) is 4. The minimum absolute atomic E-state index is 0.0164. The van der Waals surface area contributed by atoms with Gasteiger partial charge in [-0.2, -0.15) is 0 Å². The van der Waals surface area contributed by atoms with E-state index in [4.69, 9.17) is 4.74 Å². The van der Waals surface area contributed by atoms with Crippen molar-refractivity contribution in [2.75, 3.05) is 6.54 Å². The number of hydrogen-bond acceptors (Lipinski definition) is 6. The lowest BCUT2D eigenvalue weighted by Crippen LogP contribution is -2.31. The van der Waals surface area contributed by atoms with Crippen molar-refractivity contribution in [2.45, 2.75) is 32.7 Å². The predicted molar refractivity (Wildman–Crippen MR) is 103 cm³/mol. The Kier molecular flexibility index (Phi) is 5.04. The van der Waals surface area contributed by atoms with Gasteiger partial charge in [0.1, 0.15) is 16.4 Å². The molecular weight excluding hydrogens is 379 g/mol. The van der Waals surface area contributed by atoms with Crippen molar-refractivity contribution >= 4 is 17.2 Å². The van der Waals surface area contributed by atoms with Crippen molar-refractivity contribution in [2.24, 2.45) is 0 Å². The summed E-state index contributed by atoms with van der Waals surface area (Å²) >= 11 is 1.42. The van der Waals surface area contributed by atoms with Gasteiger partial charge in [-0.3, -0.25) is 9.78 Å². The van der Waals surface area contributed by atoms with E-state index in [2.05, 4.69) is 15.0 Å². The number of likely N-dealkylation sites (tertiary alicyclic amines) is 1. The quantitative estimate of drug-likeness (QED) is 0.649. The molecule has 6 nitrogen and oxygen atoms in total. The molecule has 0 unspecified atom stereocenters. The van der Waals surface area contributed by atoms with Crippen LogP contribution >= 0.6 is 11.3 Å². The van der Waals surface area contributed by atoms with E-state index >= 15 is 0 Å². The van der Waals surface area contributed by atoms with Gasteiger partial charge in [0.2, 0.25) is 5.88 Å². The predicted octanol–water partition coefficient (Wildman–Crippen LogP) is 4.46. The van der Waals surface area contributed by atoms with E-state index < -0.39 is 0 Å². The number of benzene rings is 1. The molecule has 1 amide bonds. The molecule has 1 aliphatic rings. The van der Waals surface area contributed by atoms with Crippen LogP contribution in [0, 0.1) is 19.7 Å². The summed E-state index contributed by atoms with van der Waals surface area (Å²) in [5.41, 5.74) is 1.45. The fourth-order valence-electron chi connectivity index (χ4n) is 3.37. The van der Waals surface area contributed by atoms with Gasteiger partial charge in [0, 0.05) is 6.54 Å². The monoisotopic (exact) mass is 398 g/mol. The molecule has 0 saturated carbocycles. The highest BCUT2D eigenvalue weighted by atomic mass is 32.1. The van der Waals surface area contributed by atoms with Crippen molar-refractivity contribution in [3.8, 4) is 11.6 Å². The van der Waals surface area contributed by atoms with Gasteiger partial charge in [0.05, 0.1) is 34.8 Å². The lowest BCUT2D eigenvalue weighted by atomic mass is 10.1. The minimum atomic E-state index is -0.333. The highest BCUT2D eigenvalue weighted by Crippen LogP contribution is 2.34. The van der Waals surface area contributed by atoms with Gasteiger partial charge in [-0.25, -0.2) is 14.4 Å². The second kappa shape index (κ2) is 7.63. The molecule has 1 fully saturated rings. The number of hydrogen-bond donors (Lipinski definition) is 0. The second-order valence-electron chi connectivity index (χ2n) is 6.64. The first kappa shape index (κ1) is 18.5. The summed E-state index contributed by atoms with van der Waals surface area (Å²) < 4.78 is 18.7. The zero-order valence-electron chi connectivity index (χ0n) is 15.6. The van der Waals surface area contributed by atoms with E-state index in [1.165, 1.54) is 41.8 Å².